The van der Waals surface area contributed by atoms with E-state index in [0.29, 0.717) is 6.61 Å². The molecule has 5 heteroatoms. The second kappa shape index (κ2) is 12.2. The Morgan fingerprint density at radius 3 is 2.46 bits per heavy atom. The van der Waals surface area contributed by atoms with Gasteiger partial charge in [0.1, 0.15) is 12.4 Å². The highest BCUT2D eigenvalue weighted by molar-refractivity contribution is 5.85. The van der Waals surface area contributed by atoms with E-state index in [1.807, 2.05) is 6.07 Å². The highest BCUT2D eigenvalue weighted by atomic mass is 35.5. The Hall–Kier alpha value is -1.26. The third-order valence-electron chi connectivity index (χ3n) is 4.65. The molecule has 2 N–H and O–H groups in total. The van der Waals surface area contributed by atoms with Crippen molar-refractivity contribution in [3.63, 3.8) is 0 Å². The molecule has 1 heterocycles. The molecule has 144 valence electrons. The molecule has 2 aromatic rings. The van der Waals surface area contributed by atoms with Crippen LogP contribution in [-0.4, -0.2) is 19.6 Å². The molecule has 0 unspecified atom stereocenters. The van der Waals surface area contributed by atoms with E-state index in [-0.39, 0.29) is 24.8 Å². The van der Waals surface area contributed by atoms with Crippen LogP contribution in [0, 0.1) is 12.8 Å². The minimum atomic E-state index is 0. The van der Waals surface area contributed by atoms with Gasteiger partial charge >= 0.3 is 0 Å². The molecular formula is C21H30Cl2N2O. The Morgan fingerprint density at radius 2 is 1.73 bits per heavy atom. The maximum atomic E-state index is 5.93. The smallest absolute Gasteiger partial charge is 0.120 e. The molecule has 1 saturated heterocycles. The van der Waals surface area contributed by atoms with Crippen LogP contribution in [0.5, 0.6) is 5.75 Å². The molecule has 1 aliphatic rings. The maximum Gasteiger partial charge on any atom is 0.120 e. The fraction of sp³-hybridized carbons (Fsp3) is 0.429. The molecule has 3 nitrogen and oxygen atoms in total. The molecule has 0 bridgehead atoms. The van der Waals surface area contributed by atoms with Crippen LogP contribution in [0.25, 0.3) is 0 Å². The van der Waals surface area contributed by atoms with Crippen molar-refractivity contribution in [2.45, 2.75) is 32.9 Å². The van der Waals surface area contributed by atoms with Crippen LogP contribution in [0.1, 0.15) is 29.5 Å². The molecule has 3 rings (SSSR count). The van der Waals surface area contributed by atoms with Crippen LogP contribution < -0.4 is 15.4 Å². The number of hydrogen-bond donors (Lipinski definition) is 2. The van der Waals surface area contributed by atoms with Crippen LogP contribution >= 0.6 is 24.8 Å². The van der Waals surface area contributed by atoms with Gasteiger partial charge in [-0.25, -0.2) is 0 Å². The molecule has 26 heavy (non-hydrogen) atoms. The van der Waals surface area contributed by atoms with Crippen molar-refractivity contribution < 1.29 is 4.74 Å². The minimum absolute atomic E-state index is 0. The van der Waals surface area contributed by atoms with Crippen LogP contribution in [0.2, 0.25) is 0 Å². The summed E-state index contributed by atoms with van der Waals surface area (Å²) in [5.74, 6) is 1.75. The van der Waals surface area contributed by atoms with Crippen molar-refractivity contribution in [1.82, 2.24) is 10.6 Å². The van der Waals surface area contributed by atoms with Crippen LogP contribution in [0.4, 0.5) is 0 Å². The number of aryl methyl sites for hydroxylation is 1. The Balaban J connectivity index is 0.00000169. The van der Waals surface area contributed by atoms with Gasteiger partial charge in [0.2, 0.25) is 0 Å². The fourth-order valence-corrected chi connectivity index (χ4v) is 3.10. The van der Waals surface area contributed by atoms with Crippen molar-refractivity contribution in [1.29, 1.82) is 0 Å². The van der Waals surface area contributed by atoms with Crippen molar-refractivity contribution in [3.8, 4) is 5.75 Å². The summed E-state index contributed by atoms with van der Waals surface area (Å²) in [6.45, 7) is 7.06. The first-order valence-electron chi connectivity index (χ1n) is 8.98. The van der Waals surface area contributed by atoms with Gasteiger partial charge in [0, 0.05) is 6.54 Å². The molecule has 0 spiro atoms. The van der Waals surface area contributed by atoms with Gasteiger partial charge in [-0.3, -0.25) is 0 Å². The van der Waals surface area contributed by atoms with Crippen LogP contribution in [-0.2, 0) is 13.2 Å². The van der Waals surface area contributed by atoms with Gasteiger partial charge in [-0.15, -0.1) is 24.8 Å². The summed E-state index contributed by atoms with van der Waals surface area (Å²) in [4.78, 5) is 0. The monoisotopic (exact) mass is 396 g/mol. The maximum absolute atomic E-state index is 5.93. The SMILES string of the molecule is Cc1ccc(COc2cccc(CNCC3CCNCC3)c2)cc1.Cl.Cl. The molecule has 2 aromatic carbocycles. The summed E-state index contributed by atoms with van der Waals surface area (Å²) in [7, 11) is 0. The van der Waals surface area contributed by atoms with E-state index in [1.54, 1.807) is 0 Å². The number of halogens is 2. The summed E-state index contributed by atoms with van der Waals surface area (Å²) in [6.07, 6.45) is 2.57. The molecule has 0 aromatic heterocycles. The first-order valence-corrected chi connectivity index (χ1v) is 8.98. The van der Waals surface area contributed by atoms with E-state index in [1.165, 1.54) is 29.5 Å². The summed E-state index contributed by atoms with van der Waals surface area (Å²) < 4.78 is 5.93. The van der Waals surface area contributed by atoms with Crippen molar-refractivity contribution in [2.24, 2.45) is 5.92 Å². The molecule has 1 fully saturated rings. The Morgan fingerprint density at radius 1 is 1.00 bits per heavy atom. The Kier molecular flexibility index (Phi) is 10.7. The van der Waals surface area contributed by atoms with Crippen molar-refractivity contribution in [2.75, 3.05) is 19.6 Å². The topological polar surface area (TPSA) is 33.3 Å². The van der Waals surface area contributed by atoms with E-state index >= 15 is 0 Å². The lowest BCUT2D eigenvalue weighted by molar-refractivity contribution is 0.305. The first kappa shape index (κ1) is 22.8. The van der Waals surface area contributed by atoms with E-state index in [4.69, 9.17) is 4.74 Å². The van der Waals surface area contributed by atoms with E-state index in [2.05, 4.69) is 60.0 Å². The molecule has 0 saturated carbocycles. The molecular weight excluding hydrogens is 367 g/mol. The number of benzene rings is 2. The molecule has 0 amide bonds. The second-order valence-corrected chi connectivity index (χ2v) is 6.75. The highest BCUT2D eigenvalue weighted by Gasteiger charge is 2.11. The van der Waals surface area contributed by atoms with Gasteiger partial charge in [0.25, 0.3) is 0 Å². The average molecular weight is 397 g/mol. The van der Waals surface area contributed by atoms with Crippen LogP contribution in [0.3, 0.4) is 0 Å². The van der Waals surface area contributed by atoms with Gasteiger partial charge in [0.15, 0.2) is 0 Å². The lowest BCUT2D eigenvalue weighted by Crippen LogP contribution is -2.33. The normalized spacial score (nSPS) is 14.2. The standard InChI is InChI=1S/C21H28N2O.2ClH/c1-17-5-7-19(8-6-17)16-24-21-4-2-3-20(13-21)15-23-14-18-9-11-22-12-10-18;;/h2-8,13,18,22-23H,9-12,14-16H2,1H3;2*1H. The van der Waals surface area contributed by atoms with Crippen molar-refractivity contribution >= 4 is 24.8 Å². The van der Waals surface area contributed by atoms with Gasteiger partial charge in [-0.05, 0) is 68.6 Å². The predicted molar refractivity (Wildman–Crippen MR) is 114 cm³/mol. The van der Waals surface area contributed by atoms with Crippen LogP contribution in [0.15, 0.2) is 48.5 Å². The summed E-state index contributed by atoms with van der Waals surface area (Å²) in [5, 5.41) is 7.01. The van der Waals surface area contributed by atoms with Gasteiger partial charge in [-0.1, -0.05) is 42.0 Å². The first-order chi connectivity index (χ1) is 11.8. The highest BCUT2D eigenvalue weighted by Crippen LogP contribution is 2.16. The zero-order valence-electron chi connectivity index (χ0n) is 15.4. The van der Waals surface area contributed by atoms with Crippen molar-refractivity contribution in [3.05, 3.63) is 65.2 Å². The summed E-state index contributed by atoms with van der Waals surface area (Å²) >= 11 is 0. The Labute approximate surface area is 169 Å². The van der Waals surface area contributed by atoms with Gasteiger partial charge in [0.05, 0.1) is 0 Å². The summed E-state index contributed by atoms with van der Waals surface area (Å²) in [6, 6.07) is 16.9. The Bertz CT molecular complexity index is 628. The summed E-state index contributed by atoms with van der Waals surface area (Å²) in [5.41, 5.74) is 3.76. The zero-order valence-corrected chi connectivity index (χ0v) is 17.0. The third-order valence-corrected chi connectivity index (χ3v) is 4.65. The quantitative estimate of drug-likeness (QED) is 0.722. The third kappa shape index (κ3) is 7.55. The number of nitrogens with one attached hydrogen (secondary N) is 2. The average Bonchev–Trinajstić information content (AvgIpc) is 2.63. The molecule has 0 aliphatic carbocycles. The second-order valence-electron chi connectivity index (χ2n) is 6.75. The number of rotatable bonds is 7. The van der Waals surface area contributed by atoms with E-state index in [9.17, 15) is 0 Å². The fourth-order valence-electron chi connectivity index (χ4n) is 3.10. The lowest BCUT2D eigenvalue weighted by atomic mass is 9.98. The largest absolute Gasteiger partial charge is 0.489 e. The van der Waals surface area contributed by atoms with E-state index < -0.39 is 0 Å². The molecule has 0 radical (unpaired) electrons. The van der Waals surface area contributed by atoms with Gasteiger partial charge < -0.3 is 15.4 Å². The zero-order chi connectivity index (χ0) is 16.6. The molecule has 1 aliphatic heterocycles. The number of ether oxygens (including phenoxy) is 1. The van der Waals surface area contributed by atoms with Gasteiger partial charge in [-0.2, -0.15) is 0 Å². The lowest BCUT2D eigenvalue weighted by Gasteiger charge is -2.22. The predicted octanol–water partition coefficient (Wildman–Crippen LogP) is 4.51. The minimum Gasteiger partial charge on any atom is -0.489 e. The number of hydrogen-bond acceptors (Lipinski definition) is 3. The number of piperidine rings is 1. The van der Waals surface area contributed by atoms with E-state index in [0.717, 1.165) is 37.8 Å². The molecule has 0 atom stereocenters.